The fraction of sp³-hybridized carbons (Fsp3) is 0.316. The van der Waals surface area contributed by atoms with Crippen molar-refractivity contribution < 1.29 is 13.2 Å². The third-order valence-corrected chi connectivity index (χ3v) is 6.74. The Bertz CT molecular complexity index is 920. The molecule has 4 rings (SSSR count). The van der Waals surface area contributed by atoms with Crippen LogP contribution < -0.4 is 9.62 Å². The zero-order chi connectivity index (χ0) is 17.4. The topological polar surface area (TPSA) is 66.5 Å². The minimum absolute atomic E-state index is 0.142. The van der Waals surface area contributed by atoms with Crippen LogP contribution >= 0.6 is 0 Å². The van der Waals surface area contributed by atoms with Gasteiger partial charge in [-0.3, -0.25) is 9.10 Å². The standard InChI is InChI=1S/C19H20N2O3S/c22-19(16-6-5-14-3-1-4-15(14)13-16)20-17-7-9-18(10-8-17)21-11-2-12-25(21,23)24/h5-10,13H,1-4,11-12H2,(H,20,22). The van der Waals surface area contributed by atoms with E-state index < -0.39 is 10.0 Å². The SMILES string of the molecule is O=C(Nc1ccc(N2CCCS2(=O)=O)cc1)c1ccc2c(c1)CCC2. The van der Waals surface area contributed by atoms with Gasteiger partial charge in [-0.1, -0.05) is 6.07 Å². The molecule has 1 saturated heterocycles. The lowest BCUT2D eigenvalue weighted by atomic mass is 10.1. The average Bonchev–Trinajstić information content (AvgIpc) is 3.20. The molecule has 1 fully saturated rings. The molecule has 2 aromatic rings. The molecule has 1 aliphatic carbocycles. The second-order valence-electron chi connectivity index (χ2n) is 6.58. The lowest BCUT2D eigenvalue weighted by Crippen LogP contribution is -2.25. The first-order valence-electron chi connectivity index (χ1n) is 8.57. The number of hydrogen-bond acceptors (Lipinski definition) is 3. The smallest absolute Gasteiger partial charge is 0.255 e. The quantitative estimate of drug-likeness (QED) is 0.919. The van der Waals surface area contributed by atoms with Gasteiger partial charge in [-0.15, -0.1) is 0 Å². The van der Waals surface area contributed by atoms with Crippen LogP contribution in [0.5, 0.6) is 0 Å². The Kier molecular flexibility index (Phi) is 4.00. The van der Waals surface area contributed by atoms with Crippen molar-refractivity contribution in [3.05, 3.63) is 59.2 Å². The summed E-state index contributed by atoms with van der Waals surface area (Å²) in [6.07, 6.45) is 3.94. The molecule has 0 radical (unpaired) electrons. The minimum Gasteiger partial charge on any atom is -0.322 e. The average molecular weight is 356 g/mol. The number of amides is 1. The zero-order valence-electron chi connectivity index (χ0n) is 13.9. The van der Waals surface area contributed by atoms with Crippen molar-refractivity contribution in [2.75, 3.05) is 21.9 Å². The number of carbonyl (C=O) groups excluding carboxylic acids is 1. The highest BCUT2D eigenvalue weighted by atomic mass is 32.2. The number of anilines is 2. The molecule has 25 heavy (non-hydrogen) atoms. The second kappa shape index (κ2) is 6.19. The van der Waals surface area contributed by atoms with Gasteiger partial charge in [0.2, 0.25) is 10.0 Å². The first kappa shape index (κ1) is 16.1. The largest absolute Gasteiger partial charge is 0.322 e. The van der Waals surface area contributed by atoms with Gasteiger partial charge in [0.25, 0.3) is 5.91 Å². The molecule has 1 heterocycles. The molecule has 0 spiro atoms. The molecule has 1 N–H and O–H groups in total. The van der Waals surface area contributed by atoms with Gasteiger partial charge in [0.05, 0.1) is 11.4 Å². The summed E-state index contributed by atoms with van der Waals surface area (Å²) in [5.41, 5.74) is 4.57. The molecule has 6 heteroatoms. The van der Waals surface area contributed by atoms with Gasteiger partial charge in [-0.05, 0) is 73.2 Å². The number of aryl methyl sites for hydroxylation is 2. The molecule has 2 aliphatic rings. The summed E-state index contributed by atoms with van der Waals surface area (Å²) in [5, 5.41) is 2.88. The van der Waals surface area contributed by atoms with Crippen LogP contribution in [0, 0.1) is 0 Å². The molecule has 5 nitrogen and oxygen atoms in total. The lowest BCUT2D eigenvalue weighted by Gasteiger charge is -2.17. The van der Waals surface area contributed by atoms with E-state index in [9.17, 15) is 13.2 Å². The van der Waals surface area contributed by atoms with Gasteiger partial charge in [0, 0.05) is 17.8 Å². The number of nitrogens with zero attached hydrogens (tertiary/aromatic N) is 1. The Morgan fingerprint density at radius 2 is 1.72 bits per heavy atom. The third-order valence-electron chi connectivity index (χ3n) is 4.87. The monoisotopic (exact) mass is 356 g/mol. The van der Waals surface area contributed by atoms with Crippen molar-refractivity contribution in [2.24, 2.45) is 0 Å². The van der Waals surface area contributed by atoms with E-state index in [0.29, 0.717) is 29.9 Å². The molecule has 2 aromatic carbocycles. The molecule has 1 aliphatic heterocycles. The predicted octanol–water partition coefficient (Wildman–Crippen LogP) is 2.97. The van der Waals surface area contributed by atoms with E-state index in [1.54, 1.807) is 24.3 Å². The number of rotatable bonds is 3. The number of hydrogen-bond donors (Lipinski definition) is 1. The normalized spacial score (nSPS) is 18.2. The van der Waals surface area contributed by atoms with Crippen molar-refractivity contribution >= 4 is 27.3 Å². The molecule has 1 amide bonds. The summed E-state index contributed by atoms with van der Waals surface area (Å²) in [6.45, 7) is 0.517. The van der Waals surface area contributed by atoms with Crippen molar-refractivity contribution in [3.63, 3.8) is 0 Å². The zero-order valence-corrected chi connectivity index (χ0v) is 14.7. The van der Waals surface area contributed by atoms with E-state index >= 15 is 0 Å². The van der Waals surface area contributed by atoms with Crippen LogP contribution in [0.4, 0.5) is 11.4 Å². The summed E-state index contributed by atoms with van der Waals surface area (Å²) in [4.78, 5) is 12.4. The summed E-state index contributed by atoms with van der Waals surface area (Å²) in [6, 6.07) is 12.8. The van der Waals surface area contributed by atoms with Crippen LogP contribution in [0.25, 0.3) is 0 Å². The molecule has 0 unspecified atom stereocenters. The molecule has 0 aromatic heterocycles. The summed E-state index contributed by atoms with van der Waals surface area (Å²) in [7, 11) is -3.18. The Morgan fingerprint density at radius 3 is 2.44 bits per heavy atom. The number of sulfonamides is 1. The second-order valence-corrected chi connectivity index (χ2v) is 8.59. The number of carbonyl (C=O) groups is 1. The molecule has 0 saturated carbocycles. The minimum atomic E-state index is -3.18. The van der Waals surface area contributed by atoms with E-state index in [1.807, 2.05) is 18.2 Å². The lowest BCUT2D eigenvalue weighted by molar-refractivity contribution is 0.102. The summed E-state index contributed by atoms with van der Waals surface area (Å²) in [5.74, 6) is 0.0559. The molecule has 130 valence electrons. The van der Waals surface area contributed by atoms with Gasteiger partial charge in [0.15, 0.2) is 0 Å². The van der Waals surface area contributed by atoms with Crippen LogP contribution in [0.2, 0.25) is 0 Å². The van der Waals surface area contributed by atoms with Gasteiger partial charge in [-0.25, -0.2) is 8.42 Å². The van der Waals surface area contributed by atoms with Gasteiger partial charge >= 0.3 is 0 Å². The highest BCUT2D eigenvalue weighted by molar-refractivity contribution is 7.93. The third kappa shape index (κ3) is 3.14. The van der Waals surface area contributed by atoms with Crippen molar-refractivity contribution in [1.29, 1.82) is 0 Å². The van der Waals surface area contributed by atoms with Crippen LogP contribution in [0.15, 0.2) is 42.5 Å². The van der Waals surface area contributed by atoms with E-state index in [1.165, 1.54) is 15.4 Å². The van der Waals surface area contributed by atoms with Crippen LogP contribution in [0.1, 0.15) is 34.3 Å². The van der Waals surface area contributed by atoms with Crippen LogP contribution in [0.3, 0.4) is 0 Å². The number of fused-ring (bicyclic) bond motifs is 1. The highest BCUT2D eigenvalue weighted by Crippen LogP contribution is 2.26. The fourth-order valence-corrected chi connectivity index (χ4v) is 5.12. The van der Waals surface area contributed by atoms with E-state index in [0.717, 1.165) is 19.3 Å². The molecule has 0 atom stereocenters. The first-order chi connectivity index (χ1) is 12.0. The number of nitrogens with one attached hydrogen (secondary N) is 1. The summed E-state index contributed by atoms with van der Waals surface area (Å²) >= 11 is 0. The summed E-state index contributed by atoms with van der Waals surface area (Å²) < 4.78 is 25.3. The van der Waals surface area contributed by atoms with Crippen molar-refractivity contribution in [3.8, 4) is 0 Å². The van der Waals surface area contributed by atoms with Crippen LogP contribution in [-0.2, 0) is 22.9 Å². The predicted molar refractivity (Wildman–Crippen MR) is 98.6 cm³/mol. The van der Waals surface area contributed by atoms with Crippen LogP contribution in [-0.4, -0.2) is 26.6 Å². The Balaban J connectivity index is 1.49. The highest BCUT2D eigenvalue weighted by Gasteiger charge is 2.28. The molecular formula is C19H20N2O3S. The maximum absolute atomic E-state index is 12.4. The van der Waals surface area contributed by atoms with Gasteiger partial charge < -0.3 is 5.32 Å². The first-order valence-corrected chi connectivity index (χ1v) is 10.2. The van der Waals surface area contributed by atoms with Crippen molar-refractivity contribution in [2.45, 2.75) is 25.7 Å². The maximum Gasteiger partial charge on any atom is 0.255 e. The van der Waals surface area contributed by atoms with Gasteiger partial charge in [-0.2, -0.15) is 0 Å². The van der Waals surface area contributed by atoms with E-state index in [2.05, 4.69) is 5.32 Å². The fourth-order valence-electron chi connectivity index (χ4n) is 3.56. The Hall–Kier alpha value is -2.34. The maximum atomic E-state index is 12.4. The molecular weight excluding hydrogens is 336 g/mol. The Morgan fingerprint density at radius 1 is 0.960 bits per heavy atom. The molecule has 0 bridgehead atoms. The van der Waals surface area contributed by atoms with E-state index in [4.69, 9.17) is 0 Å². The van der Waals surface area contributed by atoms with E-state index in [-0.39, 0.29) is 11.7 Å². The van der Waals surface area contributed by atoms with Gasteiger partial charge in [0.1, 0.15) is 0 Å². The number of benzene rings is 2. The van der Waals surface area contributed by atoms with Crippen molar-refractivity contribution in [1.82, 2.24) is 0 Å². The Labute approximate surface area is 147 Å².